The highest BCUT2D eigenvalue weighted by atomic mass is 19.4. The molecule has 1 fully saturated rings. The normalized spacial score (nSPS) is 23.8. The topological polar surface area (TPSA) is 39.6 Å². The fourth-order valence-electron chi connectivity index (χ4n) is 2.49. The number of rotatable bonds is 2. The highest BCUT2D eigenvalue weighted by Crippen LogP contribution is 2.35. The molecule has 1 saturated heterocycles. The molecule has 20 heavy (non-hydrogen) atoms. The zero-order valence-electron chi connectivity index (χ0n) is 11.4. The van der Waals surface area contributed by atoms with Crippen LogP contribution in [0.5, 0.6) is 0 Å². The molecule has 2 atom stereocenters. The molecular formula is C13H18F3N3O. The summed E-state index contributed by atoms with van der Waals surface area (Å²) in [4.78, 5) is 7.61. The number of aliphatic hydroxyl groups is 1. The molecule has 4 nitrogen and oxygen atoms in total. The first-order valence-corrected chi connectivity index (χ1v) is 6.38. The van der Waals surface area contributed by atoms with Gasteiger partial charge in [0, 0.05) is 37.6 Å². The van der Waals surface area contributed by atoms with Crippen LogP contribution in [-0.2, 0) is 6.18 Å². The summed E-state index contributed by atoms with van der Waals surface area (Å²) in [6, 6.07) is 0.532. The zero-order valence-corrected chi connectivity index (χ0v) is 11.4. The Morgan fingerprint density at radius 3 is 2.70 bits per heavy atom. The predicted molar refractivity (Wildman–Crippen MR) is 68.1 cm³/mol. The van der Waals surface area contributed by atoms with Crippen LogP contribution in [0.2, 0.25) is 0 Å². The first kappa shape index (κ1) is 15.2. The van der Waals surface area contributed by atoms with E-state index in [0.29, 0.717) is 13.1 Å². The lowest BCUT2D eigenvalue weighted by Crippen LogP contribution is -2.52. The van der Waals surface area contributed by atoms with Gasteiger partial charge in [-0.2, -0.15) is 13.2 Å². The molecule has 112 valence electrons. The number of hydrogen-bond donors (Lipinski definition) is 1. The molecular weight excluding hydrogens is 271 g/mol. The van der Waals surface area contributed by atoms with E-state index in [1.165, 1.54) is 0 Å². The molecule has 0 radical (unpaired) electrons. The molecule has 1 aromatic rings. The minimum absolute atomic E-state index is 0.160. The minimum Gasteiger partial charge on any atom is -0.387 e. The summed E-state index contributed by atoms with van der Waals surface area (Å²) in [6.45, 7) is 2.06. The third kappa shape index (κ3) is 3.11. The molecule has 1 aromatic heterocycles. The second-order valence-electron chi connectivity index (χ2n) is 5.22. The van der Waals surface area contributed by atoms with Crippen molar-refractivity contribution in [1.29, 1.82) is 0 Å². The van der Waals surface area contributed by atoms with Gasteiger partial charge in [0.05, 0.1) is 17.7 Å². The average molecular weight is 289 g/mol. The number of aromatic nitrogens is 1. The van der Waals surface area contributed by atoms with Gasteiger partial charge in [0.2, 0.25) is 0 Å². The SMILES string of the molecule is CN1CCN(C)C(C(O)c2cnccc2C(F)(F)F)C1. The van der Waals surface area contributed by atoms with Crippen molar-refractivity contribution < 1.29 is 18.3 Å². The van der Waals surface area contributed by atoms with Crippen molar-refractivity contribution in [2.45, 2.75) is 18.3 Å². The Kier molecular flexibility index (Phi) is 4.31. The highest BCUT2D eigenvalue weighted by Gasteiger charge is 2.38. The van der Waals surface area contributed by atoms with E-state index in [1.54, 1.807) is 0 Å². The van der Waals surface area contributed by atoms with Gasteiger partial charge >= 0.3 is 6.18 Å². The number of alkyl halides is 3. The molecule has 0 spiro atoms. The number of aliphatic hydroxyl groups excluding tert-OH is 1. The molecule has 0 aliphatic carbocycles. The van der Waals surface area contributed by atoms with Crippen LogP contribution in [-0.4, -0.2) is 59.7 Å². The highest BCUT2D eigenvalue weighted by molar-refractivity contribution is 5.29. The molecule has 0 saturated carbocycles. The van der Waals surface area contributed by atoms with Gasteiger partial charge < -0.3 is 10.0 Å². The number of likely N-dealkylation sites (N-methyl/N-ethyl adjacent to an activating group) is 2. The van der Waals surface area contributed by atoms with Gasteiger partial charge in [0.25, 0.3) is 0 Å². The van der Waals surface area contributed by atoms with E-state index in [2.05, 4.69) is 4.98 Å². The molecule has 2 unspecified atom stereocenters. The van der Waals surface area contributed by atoms with Crippen LogP contribution in [0.15, 0.2) is 18.5 Å². The van der Waals surface area contributed by atoms with Crippen LogP contribution >= 0.6 is 0 Å². The number of nitrogens with zero attached hydrogens (tertiary/aromatic N) is 3. The molecule has 0 aromatic carbocycles. The van der Waals surface area contributed by atoms with Gasteiger partial charge in [-0.3, -0.25) is 9.88 Å². The molecule has 1 aliphatic rings. The van der Waals surface area contributed by atoms with Gasteiger partial charge in [0.1, 0.15) is 0 Å². The Balaban J connectivity index is 2.31. The number of hydrogen-bond acceptors (Lipinski definition) is 4. The molecule has 2 heterocycles. The lowest BCUT2D eigenvalue weighted by atomic mass is 9.96. The smallest absolute Gasteiger partial charge is 0.387 e. The first-order valence-electron chi connectivity index (χ1n) is 6.38. The van der Waals surface area contributed by atoms with Gasteiger partial charge in [-0.1, -0.05) is 0 Å². The van der Waals surface area contributed by atoms with Crippen molar-refractivity contribution in [1.82, 2.24) is 14.8 Å². The van der Waals surface area contributed by atoms with Crippen LogP contribution in [0, 0.1) is 0 Å². The van der Waals surface area contributed by atoms with Crippen LogP contribution in [0.3, 0.4) is 0 Å². The predicted octanol–water partition coefficient (Wildman–Crippen LogP) is 1.38. The van der Waals surface area contributed by atoms with Crippen LogP contribution < -0.4 is 0 Å². The molecule has 0 amide bonds. The monoisotopic (exact) mass is 289 g/mol. The van der Waals surface area contributed by atoms with Crippen molar-refractivity contribution in [3.05, 3.63) is 29.6 Å². The molecule has 1 N–H and O–H groups in total. The van der Waals surface area contributed by atoms with E-state index in [0.717, 1.165) is 25.0 Å². The van der Waals surface area contributed by atoms with E-state index in [9.17, 15) is 18.3 Å². The lowest BCUT2D eigenvalue weighted by Gasteiger charge is -2.40. The van der Waals surface area contributed by atoms with Crippen LogP contribution in [0.4, 0.5) is 13.2 Å². The molecule has 1 aliphatic heterocycles. The first-order chi connectivity index (χ1) is 9.30. The van der Waals surface area contributed by atoms with Gasteiger partial charge in [0.15, 0.2) is 0 Å². The van der Waals surface area contributed by atoms with E-state index in [4.69, 9.17) is 0 Å². The maximum atomic E-state index is 13.0. The largest absolute Gasteiger partial charge is 0.416 e. The van der Waals surface area contributed by atoms with Crippen molar-refractivity contribution in [3.63, 3.8) is 0 Å². The lowest BCUT2D eigenvalue weighted by molar-refractivity contribution is -0.139. The minimum atomic E-state index is -4.49. The maximum absolute atomic E-state index is 13.0. The number of piperazine rings is 1. The van der Waals surface area contributed by atoms with E-state index >= 15 is 0 Å². The quantitative estimate of drug-likeness (QED) is 0.893. The second kappa shape index (κ2) is 5.67. The number of halogens is 3. The Hall–Kier alpha value is -1.18. The van der Waals surface area contributed by atoms with Gasteiger partial charge in [-0.25, -0.2) is 0 Å². The van der Waals surface area contributed by atoms with Gasteiger partial charge in [-0.05, 0) is 20.2 Å². The van der Waals surface area contributed by atoms with Crippen molar-refractivity contribution in [2.24, 2.45) is 0 Å². The van der Waals surface area contributed by atoms with E-state index in [1.807, 2.05) is 23.9 Å². The second-order valence-corrected chi connectivity index (χ2v) is 5.22. The Morgan fingerprint density at radius 1 is 1.35 bits per heavy atom. The summed E-state index contributed by atoms with van der Waals surface area (Å²) in [5.74, 6) is 0. The standard InChI is InChI=1S/C13H18F3N3O/c1-18-5-6-19(2)11(8-18)12(20)9-7-17-4-3-10(9)13(14,15)16/h3-4,7,11-12,20H,5-6,8H2,1-2H3. The van der Waals surface area contributed by atoms with Crippen molar-refractivity contribution >= 4 is 0 Å². The summed E-state index contributed by atoms with van der Waals surface area (Å²) in [7, 11) is 3.70. The van der Waals surface area contributed by atoms with Crippen LogP contribution in [0.25, 0.3) is 0 Å². The summed E-state index contributed by atoms with van der Waals surface area (Å²) >= 11 is 0. The average Bonchev–Trinajstić information content (AvgIpc) is 2.40. The summed E-state index contributed by atoms with van der Waals surface area (Å²) < 4.78 is 39.0. The van der Waals surface area contributed by atoms with Gasteiger partial charge in [-0.15, -0.1) is 0 Å². The summed E-state index contributed by atoms with van der Waals surface area (Å²) in [5, 5.41) is 10.4. The molecule has 2 rings (SSSR count). The summed E-state index contributed by atoms with van der Waals surface area (Å²) in [6.07, 6.45) is -3.50. The Morgan fingerprint density at radius 2 is 2.05 bits per heavy atom. The molecule has 7 heteroatoms. The van der Waals surface area contributed by atoms with Crippen LogP contribution in [0.1, 0.15) is 17.2 Å². The van der Waals surface area contributed by atoms with Crippen molar-refractivity contribution in [3.8, 4) is 0 Å². The van der Waals surface area contributed by atoms with E-state index < -0.39 is 17.8 Å². The zero-order chi connectivity index (χ0) is 14.9. The number of pyridine rings is 1. The maximum Gasteiger partial charge on any atom is 0.416 e. The fourth-order valence-corrected chi connectivity index (χ4v) is 2.49. The third-order valence-electron chi connectivity index (χ3n) is 3.74. The fraction of sp³-hybridized carbons (Fsp3) is 0.615. The molecule has 0 bridgehead atoms. The third-order valence-corrected chi connectivity index (χ3v) is 3.74. The summed E-state index contributed by atoms with van der Waals surface area (Å²) in [5.41, 5.74) is -0.978. The Bertz CT molecular complexity index is 466. The Labute approximate surface area is 115 Å². The van der Waals surface area contributed by atoms with Crippen molar-refractivity contribution in [2.75, 3.05) is 33.7 Å². The van der Waals surface area contributed by atoms with E-state index in [-0.39, 0.29) is 11.6 Å².